The Labute approximate surface area is 119 Å². The van der Waals surface area contributed by atoms with Crippen LogP contribution in [-0.2, 0) is 0 Å². The Morgan fingerprint density at radius 1 is 0.778 bits per heavy atom. The molecule has 0 atom stereocenters. The number of benzene rings is 2. The molecule has 94 valence electrons. The molecule has 0 aromatic heterocycles. The molecule has 0 fully saturated rings. The van der Waals surface area contributed by atoms with Gasteiger partial charge in [0.05, 0.1) is 0 Å². The molecule has 2 aromatic rings. The molecule has 18 heavy (non-hydrogen) atoms. The van der Waals surface area contributed by atoms with E-state index >= 15 is 0 Å². The SMILES string of the molecule is COc1ccc([Se][Se]c2ccccc2OC)cc1. The van der Waals surface area contributed by atoms with Crippen molar-refractivity contribution in [1.82, 2.24) is 0 Å². The molecule has 0 amide bonds. The fourth-order valence-corrected chi connectivity index (χ4v) is 7.83. The van der Waals surface area contributed by atoms with Crippen molar-refractivity contribution in [3.63, 3.8) is 0 Å². The molecule has 0 heterocycles. The molecule has 0 saturated carbocycles. The Morgan fingerprint density at radius 2 is 1.50 bits per heavy atom. The van der Waals surface area contributed by atoms with Gasteiger partial charge in [0.15, 0.2) is 0 Å². The summed E-state index contributed by atoms with van der Waals surface area (Å²) in [6, 6.07) is 16.6. The van der Waals surface area contributed by atoms with E-state index in [9.17, 15) is 0 Å². The van der Waals surface area contributed by atoms with E-state index in [1.54, 1.807) is 14.2 Å². The standard InChI is InChI=1S/C14H14O2Se2/c1-15-11-7-9-12(10-8-11)17-18-14-6-4-3-5-13(14)16-2/h3-10H,1-2H3. The molecule has 2 nitrogen and oxygen atoms in total. The Kier molecular flexibility index (Phi) is 5.15. The van der Waals surface area contributed by atoms with Crippen molar-refractivity contribution in [2.75, 3.05) is 14.2 Å². The van der Waals surface area contributed by atoms with Crippen molar-refractivity contribution in [2.45, 2.75) is 0 Å². The van der Waals surface area contributed by atoms with Crippen LogP contribution in [0.2, 0.25) is 0 Å². The van der Waals surface area contributed by atoms with Crippen molar-refractivity contribution in [3.8, 4) is 11.5 Å². The van der Waals surface area contributed by atoms with E-state index in [0.29, 0.717) is 26.3 Å². The summed E-state index contributed by atoms with van der Waals surface area (Å²) in [5.41, 5.74) is 0. The van der Waals surface area contributed by atoms with E-state index in [4.69, 9.17) is 9.47 Å². The van der Waals surface area contributed by atoms with Gasteiger partial charge in [-0.3, -0.25) is 0 Å². The van der Waals surface area contributed by atoms with Gasteiger partial charge in [-0.1, -0.05) is 0 Å². The predicted molar refractivity (Wildman–Crippen MR) is 76.8 cm³/mol. The number of ether oxygens (including phenoxy) is 2. The number of hydrogen-bond donors (Lipinski definition) is 0. The topological polar surface area (TPSA) is 18.5 Å². The van der Waals surface area contributed by atoms with Crippen molar-refractivity contribution in [2.24, 2.45) is 0 Å². The third kappa shape index (κ3) is 3.53. The van der Waals surface area contributed by atoms with E-state index < -0.39 is 0 Å². The Hall–Kier alpha value is -0.921. The first kappa shape index (κ1) is 13.5. The number of rotatable bonds is 5. The summed E-state index contributed by atoms with van der Waals surface area (Å²) in [5.74, 6) is 1.92. The summed E-state index contributed by atoms with van der Waals surface area (Å²) < 4.78 is 13.3. The molecule has 0 saturated heterocycles. The van der Waals surface area contributed by atoms with Gasteiger partial charge in [0.1, 0.15) is 0 Å². The number of methoxy groups -OCH3 is 2. The van der Waals surface area contributed by atoms with Crippen molar-refractivity contribution in [3.05, 3.63) is 48.5 Å². The van der Waals surface area contributed by atoms with Crippen LogP contribution in [-0.4, -0.2) is 40.5 Å². The van der Waals surface area contributed by atoms with Gasteiger partial charge in [-0.25, -0.2) is 0 Å². The van der Waals surface area contributed by atoms with E-state index in [0.717, 1.165) is 11.5 Å². The van der Waals surface area contributed by atoms with Crippen molar-refractivity contribution >= 4 is 35.2 Å². The quantitative estimate of drug-likeness (QED) is 0.729. The Balaban J connectivity index is 2.02. The Morgan fingerprint density at radius 3 is 2.17 bits per heavy atom. The molecule has 0 radical (unpaired) electrons. The fraction of sp³-hybridized carbons (Fsp3) is 0.143. The van der Waals surface area contributed by atoms with Crippen molar-refractivity contribution in [1.29, 1.82) is 0 Å². The maximum absolute atomic E-state index is 5.38. The molecule has 2 aromatic carbocycles. The van der Waals surface area contributed by atoms with E-state index in [1.165, 1.54) is 8.92 Å². The number of para-hydroxylation sites is 1. The van der Waals surface area contributed by atoms with E-state index in [-0.39, 0.29) is 0 Å². The zero-order valence-corrected chi connectivity index (χ0v) is 13.7. The first-order valence-corrected chi connectivity index (χ1v) is 11.5. The molecule has 0 aliphatic carbocycles. The molecule has 0 unspecified atom stereocenters. The summed E-state index contributed by atoms with van der Waals surface area (Å²) in [6.45, 7) is 0. The van der Waals surface area contributed by atoms with Crippen LogP contribution in [0.5, 0.6) is 11.5 Å². The van der Waals surface area contributed by atoms with Crippen LogP contribution >= 0.6 is 0 Å². The molecule has 4 heteroatoms. The third-order valence-electron chi connectivity index (χ3n) is 2.36. The van der Waals surface area contributed by atoms with Gasteiger partial charge in [0.2, 0.25) is 0 Å². The van der Waals surface area contributed by atoms with Gasteiger partial charge in [-0.15, -0.1) is 0 Å². The molecule has 0 N–H and O–H groups in total. The fourth-order valence-electron chi connectivity index (χ4n) is 1.41. The molecule has 0 bridgehead atoms. The van der Waals surface area contributed by atoms with Gasteiger partial charge >= 0.3 is 119 Å². The predicted octanol–water partition coefficient (Wildman–Crippen LogP) is 0.978. The van der Waals surface area contributed by atoms with Crippen LogP contribution in [0.3, 0.4) is 0 Å². The normalized spacial score (nSPS) is 10.1. The van der Waals surface area contributed by atoms with Crippen LogP contribution in [0.4, 0.5) is 0 Å². The summed E-state index contributed by atoms with van der Waals surface area (Å²) in [5, 5.41) is 0. The molecule has 0 aliphatic heterocycles. The van der Waals surface area contributed by atoms with Crippen LogP contribution in [0, 0.1) is 0 Å². The van der Waals surface area contributed by atoms with Crippen LogP contribution in [0.1, 0.15) is 0 Å². The van der Waals surface area contributed by atoms with Crippen LogP contribution in [0.15, 0.2) is 48.5 Å². The molecule has 0 spiro atoms. The van der Waals surface area contributed by atoms with E-state index in [2.05, 4.69) is 24.3 Å². The average molecular weight is 372 g/mol. The zero-order chi connectivity index (χ0) is 12.8. The monoisotopic (exact) mass is 374 g/mol. The first-order chi connectivity index (χ1) is 8.83. The van der Waals surface area contributed by atoms with Crippen molar-refractivity contribution < 1.29 is 9.47 Å². The molecule has 0 aliphatic rings. The average Bonchev–Trinajstić information content (AvgIpc) is 2.46. The minimum absolute atomic E-state index is 0.453. The Bertz CT molecular complexity index is 497. The van der Waals surface area contributed by atoms with E-state index in [1.807, 2.05) is 24.3 Å². The number of hydrogen-bond acceptors (Lipinski definition) is 2. The maximum atomic E-state index is 5.38. The molecular formula is C14H14O2Se2. The van der Waals surface area contributed by atoms with Gasteiger partial charge in [-0.2, -0.15) is 0 Å². The van der Waals surface area contributed by atoms with Gasteiger partial charge in [0, 0.05) is 0 Å². The minimum atomic E-state index is 0.453. The summed E-state index contributed by atoms with van der Waals surface area (Å²) in [4.78, 5) is 0. The van der Waals surface area contributed by atoms with Crippen LogP contribution in [0.25, 0.3) is 0 Å². The second-order valence-corrected chi connectivity index (χ2v) is 9.74. The van der Waals surface area contributed by atoms with Gasteiger partial charge < -0.3 is 0 Å². The molecule has 2 rings (SSSR count). The molecular weight excluding hydrogens is 358 g/mol. The summed E-state index contributed by atoms with van der Waals surface area (Å²) in [6.07, 6.45) is 0. The van der Waals surface area contributed by atoms with Gasteiger partial charge in [-0.05, 0) is 0 Å². The first-order valence-electron chi connectivity index (χ1n) is 5.45. The summed E-state index contributed by atoms with van der Waals surface area (Å²) >= 11 is 0.933. The second kappa shape index (κ2) is 6.86. The third-order valence-corrected chi connectivity index (χ3v) is 9.55. The van der Waals surface area contributed by atoms with Gasteiger partial charge in [0.25, 0.3) is 0 Å². The van der Waals surface area contributed by atoms with Crippen LogP contribution < -0.4 is 18.4 Å². The second-order valence-electron chi connectivity index (χ2n) is 3.49. The summed E-state index contributed by atoms with van der Waals surface area (Å²) in [7, 11) is 3.42. The zero-order valence-electron chi connectivity index (χ0n) is 10.3.